The van der Waals surface area contributed by atoms with E-state index in [0.717, 1.165) is 5.69 Å². The molecular weight excluding hydrogens is 419 g/mol. The van der Waals surface area contributed by atoms with E-state index in [9.17, 15) is 19.3 Å². The summed E-state index contributed by atoms with van der Waals surface area (Å²) in [6.07, 6.45) is 0. The Labute approximate surface area is 164 Å². The third kappa shape index (κ3) is 5.01. The van der Waals surface area contributed by atoms with E-state index in [1.807, 2.05) is 4.90 Å². The number of hydrogen-bond donors (Lipinski definition) is 1. The minimum Gasteiger partial charge on any atom is -0.369 e. The van der Waals surface area contributed by atoms with Crippen molar-refractivity contribution in [1.82, 2.24) is 4.90 Å². The number of anilines is 2. The van der Waals surface area contributed by atoms with Gasteiger partial charge in [-0.2, -0.15) is 0 Å². The summed E-state index contributed by atoms with van der Waals surface area (Å²) < 4.78 is 14.4. The van der Waals surface area contributed by atoms with Gasteiger partial charge in [-0.25, -0.2) is 4.39 Å². The van der Waals surface area contributed by atoms with Crippen LogP contribution in [0.4, 0.5) is 21.5 Å². The molecule has 0 atom stereocenters. The molecule has 0 unspecified atom stereocenters. The molecule has 1 amide bonds. The largest absolute Gasteiger partial charge is 0.369 e. The van der Waals surface area contributed by atoms with E-state index in [4.69, 9.17) is 0 Å². The van der Waals surface area contributed by atoms with Crippen LogP contribution in [-0.2, 0) is 4.79 Å². The van der Waals surface area contributed by atoms with Crippen LogP contribution in [0, 0.1) is 15.9 Å². The van der Waals surface area contributed by atoms with Crippen LogP contribution in [0.3, 0.4) is 0 Å². The molecule has 142 valence electrons. The molecule has 0 saturated carbocycles. The van der Waals surface area contributed by atoms with Gasteiger partial charge in [0.1, 0.15) is 5.82 Å². The van der Waals surface area contributed by atoms with Gasteiger partial charge in [0, 0.05) is 48.5 Å². The van der Waals surface area contributed by atoms with Gasteiger partial charge in [-0.3, -0.25) is 19.8 Å². The number of non-ortho nitro benzene ring substituents is 1. The van der Waals surface area contributed by atoms with E-state index < -0.39 is 10.7 Å². The van der Waals surface area contributed by atoms with E-state index in [0.29, 0.717) is 30.7 Å². The Morgan fingerprint density at radius 2 is 1.81 bits per heavy atom. The van der Waals surface area contributed by atoms with Crippen LogP contribution in [0.5, 0.6) is 0 Å². The Morgan fingerprint density at radius 3 is 2.41 bits per heavy atom. The summed E-state index contributed by atoms with van der Waals surface area (Å²) in [5.74, 6) is -0.749. The number of piperazine rings is 1. The van der Waals surface area contributed by atoms with Gasteiger partial charge < -0.3 is 10.2 Å². The number of hydrogen-bond acceptors (Lipinski definition) is 5. The average molecular weight is 437 g/mol. The lowest BCUT2D eigenvalue weighted by Crippen LogP contribution is -2.48. The first-order chi connectivity index (χ1) is 12.9. The first-order valence-corrected chi connectivity index (χ1v) is 9.18. The van der Waals surface area contributed by atoms with Crippen LogP contribution in [0.2, 0.25) is 0 Å². The van der Waals surface area contributed by atoms with Crippen LogP contribution < -0.4 is 10.2 Å². The van der Waals surface area contributed by atoms with Crippen LogP contribution in [-0.4, -0.2) is 48.5 Å². The average Bonchev–Trinajstić information content (AvgIpc) is 2.65. The minimum absolute atomic E-state index is 0.0641. The Hall–Kier alpha value is -2.52. The molecule has 1 N–H and O–H groups in total. The van der Waals surface area contributed by atoms with Crippen molar-refractivity contribution in [3.63, 3.8) is 0 Å². The van der Waals surface area contributed by atoms with E-state index in [-0.39, 0.29) is 23.8 Å². The maximum atomic E-state index is 13.8. The molecule has 1 aliphatic rings. The maximum absolute atomic E-state index is 13.8. The molecule has 9 heteroatoms. The molecule has 0 bridgehead atoms. The fraction of sp³-hybridized carbons (Fsp3) is 0.278. The number of nitrogens with zero attached hydrogens (tertiary/aromatic N) is 3. The third-order valence-electron chi connectivity index (χ3n) is 4.37. The van der Waals surface area contributed by atoms with Crippen molar-refractivity contribution in [3.8, 4) is 0 Å². The van der Waals surface area contributed by atoms with Crippen molar-refractivity contribution in [1.29, 1.82) is 0 Å². The lowest BCUT2D eigenvalue weighted by molar-refractivity contribution is -0.384. The van der Waals surface area contributed by atoms with Crippen molar-refractivity contribution in [2.75, 3.05) is 42.9 Å². The number of amides is 1. The molecule has 1 fully saturated rings. The lowest BCUT2D eigenvalue weighted by atomic mass is 10.2. The predicted octanol–water partition coefficient (Wildman–Crippen LogP) is 3.26. The Kier molecular flexibility index (Phi) is 6.02. The minimum atomic E-state index is -0.485. The molecule has 27 heavy (non-hydrogen) atoms. The van der Waals surface area contributed by atoms with Gasteiger partial charge in [0.15, 0.2) is 0 Å². The number of nitro groups is 1. The van der Waals surface area contributed by atoms with Gasteiger partial charge in [-0.1, -0.05) is 15.9 Å². The zero-order chi connectivity index (χ0) is 19.4. The zero-order valence-electron chi connectivity index (χ0n) is 14.4. The molecule has 1 saturated heterocycles. The molecule has 2 aromatic rings. The number of nitrogens with one attached hydrogen (secondary N) is 1. The molecule has 0 aliphatic carbocycles. The highest BCUT2D eigenvalue weighted by atomic mass is 79.9. The Morgan fingerprint density at radius 1 is 1.15 bits per heavy atom. The van der Waals surface area contributed by atoms with Gasteiger partial charge in [-0.05, 0) is 30.3 Å². The number of carbonyl (C=O) groups excluding carboxylic acids is 1. The SMILES string of the molecule is O=C(CN1CCN(c2ccc([N+](=O)[O-])cc2)CC1)Nc1ccc(Br)cc1F. The van der Waals surface area contributed by atoms with Crippen LogP contribution in [0.1, 0.15) is 0 Å². The molecule has 7 nitrogen and oxygen atoms in total. The van der Waals surface area contributed by atoms with Gasteiger partial charge >= 0.3 is 0 Å². The molecule has 1 heterocycles. The van der Waals surface area contributed by atoms with E-state index in [2.05, 4.69) is 26.1 Å². The highest BCUT2D eigenvalue weighted by molar-refractivity contribution is 9.10. The van der Waals surface area contributed by atoms with E-state index in [1.165, 1.54) is 24.3 Å². The smallest absolute Gasteiger partial charge is 0.269 e. The fourth-order valence-corrected chi connectivity index (χ4v) is 3.27. The number of benzene rings is 2. The van der Waals surface area contributed by atoms with Gasteiger partial charge in [0.25, 0.3) is 5.69 Å². The topological polar surface area (TPSA) is 78.7 Å². The standard InChI is InChI=1S/C18H18BrFN4O3/c19-13-1-6-17(16(20)11-13)21-18(25)12-22-7-9-23(10-8-22)14-2-4-15(5-3-14)24(26)27/h1-6,11H,7-10,12H2,(H,21,25). The monoisotopic (exact) mass is 436 g/mol. The molecule has 2 aromatic carbocycles. The summed E-state index contributed by atoms with van der Waals surface area (Å²) in [6, 6.07) is 10.9. The van der Waals surface area contributed by atoms with Crippen LogP contribution in [0.15, 0.2) is 46.9 Å². The number of nitro benzene ring substituents is 1. The highest BCUT2D eigenvalue weighted by Crippen LogP contribution is 2.21. The predicted molar refractivity (Wildman–Crippen MR) is 104 cm³/mol. The zero-order valence-corrected chi connectivity index (χ0v) is 16.0. The maximum Gasteiger partial charge on any atom is 0.269 e. The fourth-order valence-electron chi connectivity index (χ4n) is 2.93. The normalized spacial score (nSPS) is 14.8. The summed E-state index contributed by atoms with van der Waals surface area (Å²) in [4.78, 5) is 26.6. The first kappa shape index (κ1) is 19.2. The van der Waals surface area contributed by atoms with Crippen LogP contribution in [0.25, 0.3) is 0 Å². The third-order valence-corrected chi connectivity index (χ3v) is 4.86. The van der Waals surface area contributed by atoms with Crippen molar-refractivity contribution < 1.29 is 14.1 Å². The molecular formula is C18H18BrFN4O3. The second-order valence-corrected chi connectivity index (χ2v) is 7.12. The van der Waals surface area contributed by atoms with Crippen molar-refractivity contribution in [2.24, 2.45) is 0 Å². The van der Waals surface area contributed by atoms with Crippen molar-refractivity contribution >= 4 is 38.9 Å². The summed E-state index contributed by atoms with van der Waals surface area (Å²) in [5, 5.41) is 13.3. The summed E-state index contributed by atoms with van der Waals surface area (Å²) in [7, 11) is 0. The summed E-state index contributed by atoms with van der Waals surface area (Å²) in [5.41, 5.74) is 1.14. The number of halogens is 2. The first-order valence-electron chi connectivity index (χ1n) is 8.39. The number of rotatable bonds is 5. The second-order valence-electron chi connectivity index (χ2n) is 6.21. The molecule has 0 spiro atoms. The van der Waals surface area contributed by atoms with Crippen molar-refractivity contribution in [3.05, 3.63) is 62.9 Å². The highest BCUT2D eigenvalue weighted by Gasteiger charge is 2.20. The van der Waals surface area contributed by atoms with Crippen LogP contribution >= 0.6 is 15.9 Å². The van der Waals surface area contributed by atoms with E-state index >= 15 is 0 Å². The second kappa shape index (κ2) is 8.45. The van der Waals surface area contributed by atoms with Gasteiger partial charge in [-0.15, -0.1) is 0 Å². The molecule has 0 aromatic heterocycles. The molecule has 0 radical (unpaired) electrons. The lowest BCUT2D eigenvalue weighted by Gasteiger charge is -2.35. The molecule has 1 aliphatic heterocycles. The molecule has 3 rings (SSSR count). The number of carbonyl (C=O) groups is 1. The van der Waals surface area contributed by atoms with Gasteiger partial charge in [0.05, 0.1) is 17.2 Å². The Bertz CT molecular complexity index is 839. The quantitative estimate of drug-likeness (QED) is 0.574. The van der Waals surface area contributed by atoms with Crippen molar-refractivity contribution in [2.45, 2.75) is 0 Å². The summed E-state index contributed by atoms with van der Waals surface area (Å²) in [6.45, 7) is 2.94. The van der Waals surface area contributed by atoms with Gasteiger partial charge in [0.2, 0.25) is 5.91 Å². The Balaban J connectivity index is 1.50. The van der Waals surface area contributed by atoms with E-state index in [1.54, 1.807) is 18.2 Å². The summed E-state index contributed by atoms with van der Waals surface area (Å²) >= 11 is 3.18.